The first kappa shape index (κ1) is 19.5. The third-order valence-corrected chi connectivity index (χ3v) is 5.60. The van der Waals surface area contributed by atoms with Crippen LogP contribution in [0.15, 0.2) is 53.4 Å². The highest BCUT2D eigenvalue weighted by Crippen LogP contribution is 2.26. The van der Waals surface area contributed by atoms with Gasteiger partial charge in [-0.3, -0.25) is 9.59 Å². The summed E-state index contributed by atoms with van der Waals surface area (Å²) >= 11 is 1.39. The maximum Gasteiger partial charge on any atom is 0.255 e. The number of hydrogen-bond acceptors (Lipinski definition) is 4. The van der Waals surface area contributed by atoms with Gasteiger partial charge in [0.1, 0.15) is 0 Å². The van der Waals surface area contributed by atoms with Crippen LogP contribution in [0.1, 0.15) is 21.5 Å². The van der Waals surface area contributed by atoms with Gasteiger partial charge in [0.2, 0.25) is 5.91 Å². The molecule has 0 saturated heterocycles. The minimum atomic E-state index is -0.0637. The molecule has 27 heavy (non-hydrogen) atoms. The van der Waals surface area contributed by atoms with Crippen LogP contribution >= 0.6 is 11.8 Å². The topological polar surface area (TPSA) is 58.6 Å². The van der Waals surface area contributed by atoms with Crippen LogP contribution in [0, 0.1) is 0 Å². The first-order valence-corrected chi connectivity index (χ1v) is 10.0. The number of carbonyl (C=O) groups is 2. The van der Waals surface area contributed by atoms with E-state index in [1.165, 1.54) is 22.9 Å². The molecule has 0 atom stereocenters. The van der Waals surface area contributed by atoms with Gasteiger partial charge >= 0.3 is 0 Å². The van der Waals surface area contributed by atoms with Crippen molar-refractivity contribution < 1.29 is 14.3 Å². The zero-order valence-corrected chi connectivity index (χ0v) is 16.3. The lowest BCUT2D eigenvalue weighted by Crippen LogP contribution is -2.36. The molecule has 0 unspecified atom stereocenters. The zero-order valence-electron chi connectivity index (χ0n) is 15.4. The summed E-state index contributed by atoms with van der Waals surface area (Å²) in [6.45, 7) is 2.32. The molecule has 142 valence electrons. The van der Waals surface area contributed by atoms with E-state index in [9.17, 15) is 9.59 Å². The molecule has 2 aromatic carbocycles. The van der Waals surface area contributed by atoms with E-state index in [2.05, 4.69) is 17.4 Å². The molecule has 0 spiro atoms. The van der Waals surface area contributed by atoms with Gasteiger partial charge in [0, 0.05) is 31.6 Å². The Balaban J connectivity index is 1.65. The minimum absolute atomic E-state index is 0.0207. The highest BCUT2D eigenvalue weighted by atomic mass is 32.2. The average Bonchev–Trinajstić information content (AvgIpc) is 2.72. The molecule has 2 amide bonds. The molecular weight excluding hydrogens is 360 g/mol. The van der Waals surface area contributed by atoms with Gasteiger partial charge in [0.05, 0.1) is 17.9 Å². The highest BCUT2D eigenvalue weighted by molar-refractivity contribution is 8.00. The monoisotopic (exact) mass is 384 g/mol. The van der Waals surface area contributed by atoms with Crippen molar-refractivity contribution >= 4 is 23.6 Å². The Morgan fingerprint density at radius 1 is 1.11 bits per heavy atom. The fourth-order valence-electron chi connectivity index (χ4n) is 3.10. The fourth-order valence-corrected chi connectivity index (χ4v) is 3.97. The molecule has 0 saturated carbocycles. The maximum atomic E-state index is 13.1. The molecule has 0 fully saturated rings. The van der Waals surface area contributed by atoms with E-state index in [1.807, 2.05) is 41.3 Å². The third kappa shape index (κ3) is 5.11. The van der Waals surface area contributed by atoms with Crippen molar-refractivity contribution in [2.45, 2.75) is 17.9 Å². The van der Waals surface area contributed by atoms with Crippen LogP contribution in [-0.4, -0.2) is 49.3 Å². The molecule has 1 aliphatic heterocycles. The number of benzene rings is 2. The van der Waals surface area contributed by atoms with E-state index in [0.717, 1.165) is 11.3 Å². The predicted molar refractivity (Wildman–Crippen MR) is 107 cm³/mol. The molecule has 1 N–H and O–H groups in total. The van der Waals surface area contributed by atoms with Crippen LogP contribution in [0.5, 0.6) is 0 Å². The number of hydrogen-bond donors (Lipinski definition) is 1. The molecule has 1 aliphatic rings. The number of nitrogens with one attached hydrogen (secondary N) is 1. The lowest BCUT2D eigenvalue weighted by Gasteiger charge is -2.29. The highest BCUT2D eigenvalue weighted by Gasteiger charge is 2.23. The van der Waals surface area contributed by atoms with E-state index < -0.39 is 0 Å². The summed E-state index contributed by atoms with van der Waals surface area (Å²) < 4.78 is 4.93. The third-order valence-electron chi connectivity index (χ3n) is 4.52. The first-order chi connectivity index (χ1) is 13.2. The molecule has 5 nitrogen and oxygen atoms in total. The number of amides is 2. The smallest absolute Gasteiger partial charge is 0.255 e. The second-order valence-corrected chi connectivity index (χ2v) is 7.39. The molecule has 3 rings (SSSR count). The van der Waals surface area contributed by atoms with Crippen molar-refractivity contribution in [1.82, 2.24) is 10.2 Å². The van der Waals surface area contributed by atoms with Gasteiger partial charge < -0.3 is 15.0 Å². The van der Waals surface area contributed by atoms with Crippen LogP contribution in [0.3, 0.4) is 0 Å². The van der Waals surface area contributed by atoms with Crippen molar-refractivity contribution in [2.75, 3.05) is 32.6 Å². The maximum absolute atomic E-state index is 13.1. The standard InChI is InChI=1S/C21H24N2O3S/c1-26-13-11-22-20(24)15-27-19-9-5-4-8-18(19)21(25)23-12-10-16-6-2-3-7-17(16)14-23/h2-9H,10-15H2,1H3,(H,22,24). The largest absolute Gasteiger partial charge is 0.383 e. The zero-order chi connectivity index (χ0) is 19.1. The van der Waals surface area contributed by atoms with Gasteiger partial charge in [-0.05, 0) is 29.7 Å². The quantitative estimate of drug-likeness (QED) is 0.589. The van der Waals surface area contributed by atoms with E-state index in [1.54, 1.807) is 7.11 Å². The Morgan fingerprint density at radius 2 is 1.85 bits per heavy atom. The number of thioether (sulfide) groups is 1. The summed E-state index contributed by atoms with van der Waals surface area (Å²) in [6, 6.07) is 15.8. The van der Waals surface area contributed by atoms with Gasteiger partial charge in [-0.2, -0.15) is 0 Å². The Bertz CT molecular complexity index is 810. The van der Waals surface area contributed by atoms with Crippen LogP contribution < -0.4 is 5.32 Å². The van der Waals surface area contributed by atoms with Gasteiger partial charge in [-0.1, -0.05) is 36.4 Å². The van der Waals surface area contributed by atoms with Crippen molar-refractivity contribution in [2.24, 2.45) is 0 Å². The summed E-state index contributed by atoms with van der Waals surface area (Å²) in [6.07, 6.45) is 0.874. The van der Waals surface area contributed by atoms with Crippen LogP contribution in [0.4, 0.5) is 0 Å². The Labute approximate surface area is 164 Å². The second kappa shape index (κ2) is 9.58. The van der Waals surface area contributed by atoms with E-state index in [-0.39, 0.29) is 17.6 Å². The molecular formula is C21H24N2O3S. The summed E-state index contributed by atoms with van der Waals surface area (Å²) in [4.78, 5) is 27.7. The predicted octanol–water partition coefficient (Wildman–Crippen LogP) is 2.74. The lowest BCUT2D eigenvalue weighted by molar-refractivity contribution is -0.118. The van der Waals surface area contributed by atoms with Crippen molar-refractivity contribution in [3.8, 4) is 0 Å². The van der Waals surface area contributed by atoms with E-state index in [4.69, 9.17) is 4.74 Å². The van der Waals surface area contributed by atoms with Crippen LogP contribution in [-0.2, 0) is 22.5 Å². The van der Waals surface area contributed by atoms with Crippen molar-refractivity contribution in [3.63, 3.8) is 0 Å². The number of fused-ring (bicyclic) bond motifs is 1. The summed E-state index contributed by atoms with van der Waals surface area (Å²) in [5.41, 5.74) is 3.18. The first-order valence-electron chi connectivity index (χ1n) is 9.02. The summed E-state index contributed by atoms with van der Waals surface area (Å²) in [5.74, 6) is 0.232. The SMILES string of the molecule is COCCNC(=O)CSc1ccccc1C(=O)N1CCc2ccccc2C1. The molecule has 0 aromatic heterocycles. The second-order valence-electron chi connectivity index (χ2n) is 6.37. The molecule has 0 radical (unpaired) electrons. The normalized spacial score (nSPS) is 13.1. The number of carbonyl (C=O) groups excluding carboxylic acids is 2. The van der Waals surface area contributed by atoms with Crippen LogP contribution in [0.25, 0.3) is 0 Å². The van der Waals surface area contributed by atoms with E-state index >= 15 is 0 Å². The van der Waals surface area contributed by atoms with Gasteiger partial charge in [0.15, 0.2) is 0 Å². The van der Waals surface area contributed by atoms with Gasteiger partial charge in [-0.15, -0.1) is 11.8 Å². The number of nitrogens with zero attached hydrogens (tertiary/aromatic N) is 1. The molecule has 0 aliphatic carbocycles. The fraction of sp³-hybridized carbons (Fsp3) is 0.333. The Kier molecular flexibility index (Phi) is 6.90. The molecule has 2 aromatic rings. The van der Waals surface area contributed by atoms with Crippen molar-refractivity contribution in [3.05, 3.63) is 65.2 Å². The molecule has 6 heteroatoms. The van der Waals surface area contributed by atoms with E-state index in [0.29, 0.717) is 31.8 Å². The van der Waals surface area contributed by atoms with Gasteiger partial charge in [-0.25, -0.2) is 0 Å². The van der Waals surface area contributed by atoms with Gasteiger partial charge in [0.25, 0.3) is 5.91 Å². The number of ether oxygens (including phenoxy) is 1. The lowest BCUT2D eigenvalue weighted by atomic mass is 9.99. The summed E-state index contributed by atoms with van der Waals surface area (Å²) in [5, 5.41) is 2.80. The molecule has 0 bridgehead atoms. The number of methoxy groups -OCH3 is 1. The average molecular weight is 385 g/mol. The van der Waals surface area contributed by atoms with Crippen molar-refractivity contribution in [1.29, 1.82) is 0 Å². The Hall–Kier alpha value is -2.31. The Morgan fingerprint density at radius 3 is 2.67 bits per heavy atom. The molecule has 1 heterocycles. The number of rotatable bonds is 7. The summed E-state index contributed by atoms with van der Waals surface area (Å²) in [7, 11) is 1.60. The minimum Gasteiger partial charge on any atom is -0.383 e. The van der Waals surface area contributed by atoms with Crippen LogP contribution in [0.2, 0.25) is 0 Å².